The van der Waals surface area contributed by atoms with Crippen LogP contribution in [0.15, 0.2) is 134 Å². The van der Waals surface area contributed by atoms with Gasteiger partial charge >= 0.3 is 0 Å². The number of aromatic nitrogens is 2. The summed E-state index contributed by atoms with van der Waals surface area (Å²) in [6.07, 6.45) is 4.34. The Morgan fingerprint density at radius 2 is 0.846 bits per heavy atom. The Morgan fingerprint density at radius 1 is 0.410 bits per heavy atom. The Hall–Kier alpha value is -4.96. The minimum atomic E-state index is -0.249. The van der Waals surface area contributed by atoms with E-state index >= 15 is 0 Å². The molecular weight excluding hydrogens is 486 g/mol. The third kappa shape index (κ3) is 5.65. The van der Waals surface area contributed by atoms with Crippen LogP contribution in [0.4, 0.5) is 8.78 Å². The number of benzene rings is 4. The van der Waals surface area contributed by atoms with Gasteiger partial charge in [0.15, 0.2) is 0 Å². The van der Waals surface area contributed by atoms with E-state index in [2.05, 4.69) is 58.5 Å². The number of hydrogen-bond donors (Lipinski definition) is 0. The van der Waals surface area contributed by atoms with Gasteiger partial charge in [0.05, 0.1) is 11.4 Å². The molecule has 0 radical (unpaired) electrons. The third-order valence-corrected chi connectivity index (χ3v) is 6.73. The summed E-state index contributed by atoms with van der Waals surface area (Å²) in [4.78, 5) is 9.18. The predicted molar refractivity (Wildman–Crippen MR) is 153 cm³/mol. The van der Waals surface area contributed by atoms with Gasteiger partial charge < -0.3 is 0 Å². The van der Waals surface area contributed by atoms with Crippen molar-refractivity contribution in [1.29, 1.82) is 0 Å². The molecule has 0 atom stereocenters. The van der Waals surface area contributed by atoms with Gasteiger partial charge in [0.2, 0.25) is 0 Å². The number of halogens is 2. The van der Waals surface area contributed by atoms with Crippen LogP contribution in [0.3, 0.4) is 0 Å². The van der Waals surface area contributed by atoms with Gasteiger partial charge in [0.1, 0.15) is 11.6 Å². The molecule has 0 aliphatic carbocycles. The standard InChI is InChI=1S/C35H24F2N2/c36-32-11-7-26(8-12-32)28-15-17-38-34(22-28)30-5-1-3-24(20-30)19-25-4-2-6-31(21-25)35-23-29(16-18-39-35)27-9-13-33(37)14-10-27/h1-18,20-23H,19H2. The van der Waals surface area contributed by atoms with E-state index in [1.165, 1.54) is 35.4 Å². The molecule has 0 saturated carbocycles. The van der Waals surface area contributed by atoms with Crippen molar-refractivity contribution >= 4 is 0 Å². The van der Waals surface area contributed by atoms with Crippen molar-refractivity contribution in [3.05, 3.63) is 156 Å². The van der Waals surface area contributed by atoms with E-state index in [1.54, 1.807) is 36.7 Å². The van der Waals surface area contributed by atoms with Gasteiger partial charge in [-0.25, -0.2) is 8.78 Å². The number of hydrogen-bond acceptors (Lipinski definition) is 2. The topological polar surface area (TPSA) is 25.8 Å². The lowest BCUT2D eigenvalue weighted by Gasteiger charge is -2.09. The van der Waals surface area contributed by atoms with Crippen molar-refractivity contribution in [3.63, 3.8) is 0 Å². The van der Waals surface area contributed by atoms with E-state index in [9.17, 15) is 8.78 Å². The molecule has 6 rings (SSSR count). The first-order valence-corrected chi connectivity index (χ1v) is 12.7. The Morgan fingerprint density at radius 3 is 1.28 bits per heavy atom. The molecule has 0 spiro atoms. The summed E-state index contributed by atoms with van der Waals surface area (Å²) in [7, 11) is 0. The van der Waals surface area contributed by atoms with Crippen molar-refractivity contribution in [2.75, 3.05) is 0 Å². The molecule has 0 bridgehead atoms. The normalized spacial score (nSPS) is 10.9. The monoisotopic (exact) mass is 510 g/mol. The molecule has 39 heavy (non-hydrogen) atoms. The highest BCUT2D eigenvalue weighted by Crippen LogP contribution is 2.28. The molecule has 0 fully saturated rings. The molecule has 2 nitrogen and oxygen atoms in total. The van der Waals surface area contributed by atoms with Crippen LogP contribution in [0.25, 0.3) is 44.8 Å². The summed E-state index contributed by atoms with van der Waals surface area (Å²) >= 11 is 0. The second-order valence-corrected chi connectivity index (χ2v) is 9.45. The Balaban J connectivity index is 1.25. The molecule has 0 N–H and O–H groups in total. The molecular formula is C35H24F2N2. The summed E-state index contributed by atoms with van der Waals surface area (Å²) in [6.45, 7) is 0. The number of pyridine rings is 2. The Bertz CT molecular complexity index is 1610. The summed E-state index contributed by atoms with van der Waals surface area (Å²) < 4.78 is 26.7. The first-order chi connectivity index (χ1) is 19.1. The lowest BCUT2D eigenvalue weighted by atomic mass is 9.97. The molecule has 0 unspecified atom stereocenters. The predicted octanol–water partition coefficient (Wildman–Crippen LogP) is 9.01. The second kappa shape index (κ2) is 10.8. The lowest BCUT2D eigenvalue weighted by molar-refractivity contribution is 0.627. The minimum Gasteiger partial charge on any atom is -0.256 e. The van der Waals surface area contributed by atoms with E-state index in [4.69, 9.17) is 0 Å². The molecule has 4 aromatic carbocycles. The lowest BCUT2D eigenvalue weighted by Crippen LogP contribution is -1.92. The van der Waals surface area contributed by atoms with Crippen LogP contribution in [0, 0.1) is 11.6 Å². The van der Waals surface area contributed by atoms with Gasteiger partial charge in [-0.15, -0.1) is 0 Å². The van der Waals surface area contributed by atoms with Crippen LogP contribution in [0.1, 0.15) is 11.1 Å². The first kappa shape index (κ1) is 24.4. The third-order valence-electron chi connectivity index (χ3n) is 6.73. The molecule has 6 aromatic rings. The maximum Gasteiger partial charge on any atom is 0.123 e. The quantitative estimate of drug-likeness (QED) is 0.223. The maximum atomic E-state index is 13.4. The maximum absolute atomic E-state index is 13.4. The number of nitrogens with zero attached hydrogens (tertiary/aromatic N) is 2. The van der Waals surface area contributed by atoms with Crippen LogP contribution in [0.5, 0.6) is 0 Å². The van der Waals surface area contributed by atoms with Crippen LogP contribution in [-0.2, 0) is 6.42 Å². The molecule has 2 heterocycles. The zero-order valence-electron chi connectivity index (χ0n) is 21.1. The van der Waals surface area contributed by atoms with Crippen LogP contribution in [0.2, 0.25) is 0 Å². The van der Waals surface area contributed by atoms with Gasteiger partial charge in [0.25, 0.3) is 0 Å². The average Bonchev–Trinajstić information content (AvgIpc) is 2.98. The van der Waals surface area contributed by atoms with Crippen molar-refractivity contribution in [1.82, 2.24) is 9.97 Å². The molecule has 2 aromatic heterocycles. The Kier molecular flexibility index (Phi) is 6.75. The Labute approximate surface area is 226 Å². The zero-order chi connectivity index (χ0) is 26.6. The highest BCUT2D eigenvalue weighted by Gasteiger charge is 2.08. The van der Waals surface area contributed by atoms with Gasteiger partial charge in [-0.1, -0.05) is 60.7 Å². The molecule has 0 amide bonds. The van der Waals surface area contributed by atoms with Crippen molar-refractivity contribution in [2.24, 2.45) is 0 Å². The molecule has 0 aliphatic heterocycles. The summed E-state index contributed by atoms with van der Waals surface area (Å²) in [5.41, 5.74) is 10.0. The van der Waals surface area contributed by atoms with E-state index in [0.717, 1.165) is 51.2 Å². The van der Waals surface area contributed by atoms with Crippen molar-refractivity contribution in [3.8, 4) is 44.8 Å². The van der Waals surface area contributed by atoms with Crippen LogP contribution in [-0.4, -0.2) is 9.97 Å². The van der Waals surface area contributed by atoms with E-state index in [-0.39, 0.29) is 11.6 Å². The summed E-state index contributed by atoms with van der Waals surface area (Å²) in [5.74, 6) is -0.498. The molecule has 4 heteroatoms. The number of rotatable bonds is 6. The largest absolute Gasteiger partial charge is 0.256 e. The van der Waals surface area contributed by atoms with Crippen LogP contribution < -0.4 is 0 Å². The highest BCUT2D eigenvalue weighted by molar-refractivity contribution is 5.72. The van der Waals surface area contributed by atoms with Gasteiger partial charge in [0, 0.05) is 23.5 Å². The molecule has 0 aliphatic rings. The fraction of sp³-hybridized carbons (Fsp3) is 0.0286. The SMILES string of the molecule is Fc1ccc(-c2ccnc(-c3cccc(Cc4cccc(-c5cc(-c6ccc(F)cc6)ccn5)c4)c3)c2)cc1. The van der Waals surface area contributed by atoms with Crippen molar-refractivity contribution in [2.45, 2.75) is 6.42 Å². The second-order valence-electron chi connectivity index (χ2n) is 9.45. The fourth-order valence-corrected chi connectivity index (χ4v) is 4.74. The molecule has 0 saturated heterocycles. The average molecular weight is 511 g/mol. The first-order valence-electron chi connectivity index (χ1n) is 12.7. The van der Waals surface area contributed by atoms with E-state index in [0.29, 0.717) is 0 Å². The van der Waals surface area contributed by atoms with Gasteiger partial charge in [-0.2, -0.15) is 0 Å². The van der Waals surface area contributed by atoms with E-state index in [1.807, 2.05) is 24.3 Å². The minimum absolute atomic E-state index is 0.249. The van der Waals surface area contributed by atoms with Gasteiger partial charge in [-0.05, 0) is 100 Å². The summed E-state index contributed by atoms with van der Waals surface area (Å²) in [5, 5.41) is 0. The zero-order valence-corrected chi connectivity index (χ0v) is 21.1. The van der Waals surface area contributed by atoms with E-state index < -0.39 is 0 Å². The molecule has 188 valence electrons. The summed E-state index contributed by atoms with van der Waals surface area (Å²) in [6, 6.07) is 37.7. The smallest absolute Gasteiger partial charge is 0.123 e. The van der Waals surface area contributed by atoms with Crippen molar-refractivity contribution < 1.29 is 8.78 Å². The van der Waals surface area contributed by atoms with Gasteiger partial charge in [-0.3, -0.25) is 9.97 Å². The highest BCUT2D eigenvalue weighted by atomic mass is 19.1. The van der Waals surface area contributed by atoms with Crippen LogP contribution >= 0.6 is 0 Å². The fourth-order valence-electron chi connectivity index (χ4n) is 4.74.